The van der Waals surface area contributed by atoms with Crippen LogP contribution in [0.5, 0.6) is 0 Å². The van der Waals surface area contributed by atoms with Gasteiger partial charge in [0.05, 0.1) is 6.10 Å². The predicted molar refractivity (Wildman–Crippen MR) is 75.9 cm³/mol. The number of allylic oxidation sites excluding steroid dienone is 2. The molecule has 0 rings (SSSR count). The van der Waals surface area contributed by atoms with Crippen LogP contribution in [0, 0.1) is 17.8 Å². The maximum absolute atomic E-state index is 5.52. The van der Waals surface area contributed by atoms with E-state index < -0.39 is 0 Å². The van der Waals surface area contributed by atoms with Gasteiger partial charge in [0.15, 0.2) is 0 Å². The van der Waals surface area contributed by atoms with Crippen molar-refractivity contribution < 1.29 is 4.74 Å². The van der Waals surface area contributed by atoms with E-state index in [4.69, 9.17) is 4.74 Å². The topological polar surface area (TPSA) is 21.3 Å². The van der Waals surface area contributed by atoms with Gasteiger partial charge in [0.1, 0.15) is 0 Å². The van der Waals surface area contributed by atoms with Crippen molar-refractivity contribution >= 4 is 0 Å². The van der Waals surface area contributed by atoms with Gasteiger partial charge in [-0.25, -0.2) is 0 Å². The Labute approximate surface area is 107 Å². The van der Waals surface area contributed by atoms with E-state index in [0.717, 1.165) is 18.0 Å². The molecule has 0 aliphatic carbocycles. The van der Waals surface area contributed by atoms with E-state index in [2.05, 4.69) is 51.7 Å². The fourth-order valence-corrected chi connectivity index (χ4v) is 1.83. The van der Waals surface area contributed by atoms with E-state index in [-0.39, 0.29) is 6.10 Å². The largest absolute Gasteiger partial charge is 0.390 e. The molecule has 0 heterocycles. The Morgan fingerprint density at radius 1 is 1.29 bits per heavy atom. The lowest BCUT2D eigenvalue weighted by Crippen LogP contribution is -2.31. The minimum Gasteiger partial charge on any atom is -0.390 e. The summed E-state index contributed by atoms with van der Waals surface area (Å²) < 4.78 is 5.52. The number of hydrogen-bond acceptors (Lipinski definition) is 2. The minimum absolute atomic E-state index is 0.0682. The second-order valence-corrected chi connectivity index (χ2v) is 5.21. The molecule has 0 bridgehead atoms. The number of nitrogens with one attached hydrogen (secondary N) is 1. The normalized spacial score (nSPS) is 17.1. The molecule has 0 unspecified atom stereocenters. The zero-order valence-corrected chi connectivity index (χ0v) is 12.3. The molecule has 0 aromatic heterocycles. The predicted octanol–water partition coefficient (Wildman–Crippen LogP) is 3.61. The monoisotopic (exact) mass is 239 g/mol. The van der Waals surface area contributed by atoms with Gasteiger partial charge < -0.3 is 10.1 Å². The third-order valence-electron chi connectivity index (χ3n) is 3.27. The Morgan fingerprint density at radius 3 is 2.29 bits per heavy atom. The Hall–Kier alpha value is -0.760. The van der Waals surface area contributed by atoms with Crippen LogP contribution in [0.2, 0.25) is 0 Å². The highest BCUT2D eigenvalue weighted by molar-refractivity contribution is 5.04. The number of methoxy groups -OCH3 is 1. The first-order valence-electron chi connectivity index (χ1n) is 6.50. The first-order valence-corrected chi connectivity index (χ1v) is 6.50. The summed E-state index contributed by atoms with van der Waals surface area (Å²) in [6, 6.07) is 0. The Balaban J connectivity index is 4.40. The molecule has 0 aromatic carbocycles. The van der Waals surface area contributed by atoms with Crippen molar-refractivity contribution in [1.82, 2.24) is 5.32 Å². The maximum atomic E-state index is 5.52. The molecule has 0 amide bonds. The molecule has 17 heavy (non-hydrogen) atoms. The molecule has 100 valence electrons. The molecule has 0 aromatic rings. The highest BCUT2D eigenvalue weighted by Gasteiger charge is 2.22. The molecule has 2 heteroatoms. The van der Waals surface area contributed by atoms with E-state index in [0.29, 0.717) is 11.8 Å². The smallest absolute Gasteiger partial charge is 0.0990 e. The van der Waals surface area contributed by atoms with Gasteiger partial charge in [-0.2, -0.15) is 0 Å². The molecule has 3 atom stereocenters. The average molecular weight is 239 g/mol. The third-order valence-corrected chi connectivity index (χ3v) is 3.27. The summed E-state index contributed by atoms with van der Waals surface area (Å²) in [5.74, 6) is 1.63. The lowest BCUT2D eigenvalue weighted by molar-refractivity contribution is 0.0693. The van der Waals surface area contributed by atoms with E-state index in [1.165, 1.54) is 0 Å². The van der Waals surface area contributed by atoms with Crippen LogP contribution < -0.4 is 5.32 Å². The van der Waals surface area contributed by atoms with Crippen LogP contribution in [0.3, 0.4) is 0 Å². The van der Waals surface area contributed by atoms with Crippen molar-refractivity contribution in [1.29, 1.82) is 0 Å². The highest BCUT2D eigenvalue weighted by Crippen LogP contribution is 2.22. The summed E-state index contributed by atoms with van der Waals surface area (Å²) in [7, 11) is 3.63. The number of likely N-dealkylation sites (N-methyl/N-ethyl adjacent to an activating group) is 1. The highest BCUT2D eigenvalue weighted by atomic mass is 16.5. The molecular weight excluding hydrogens is 210 g/mol. The van der Waals surface area contributed by atoms with Gasteiger partial charge in [-0.15, -0.1) is 0 Å². The number of rotatable bonds is 8. The summed E-state index contributed by atoms with van der Waals surface area (Å²) >= 11 is 0. The van der Waals surface area contributed by atoms with Crippen molar-refractivity contribution in [2.24, 2.45) is 17.8 Å². The van der Waals surface area contributed by atoms with Crippen LogP contribution in [0.1, 0.15) is 34.1 Å². The van der Waals surface area contributed by atoms with Crippen molar-refractivity contribution in [3.8, 4) is 0 Å². The first kappa shape index (κ1) is 16.2. The quantitative estimate of drug-likeness (QED) is 0.653. The van der Waals surface area contributed by atoms with Crippen LogP contribution in [0.25, 0.3) is 0 Å². The summed E-state index contributed by atoms with van der Waals surface area (Å²) in [5.41, 5.74) is 0.948. The Kier molecular flexibility index (Phi) is 7.98. The molecule has 2 nitrogen and oxygen atoms in total. The number of ether oxygens (including phenoxy) is 1. The van der Waals surface area contributed by atoms with E-state index in [1.54, 1.807) is 7.11 Å². The van der Waals surface area contributed by atoms with E-state index in [9.17, 15) is 0 Å². The van der Waals surface area contributed by atoms with Gasteiger partial charge in [0.25, 0.3) is 0 Å². The number of hydrogen-bond donors (Lipinski definition) is 1. The summed E-state index contributed by atoms with van der Waals surface area (Å²) in [5, 5.41) is 3.08. The molecular formula is C15H29NO. The molecule has 0 radical (unpaired) electrons. The minimum atomic E-state index is 0.0682. The summed E-state index contributed by atoms with van der Waals surface area (Å²) in [4.78, 5) is 0. The molecule has 0 aliphatic heterocycles. The van der Waals surface area contributed by atoms with Crippen LogP contribution in [0.15, 0.2) is 24.4 Å². The molecule has 0 aliphatic rings. The fraction of sp³-hybridized carbons (Fsp3) is 0.733. The van der Waals surface area contributed by atoms with Gasteiger partial charge in [-0.1, -0.05) is 46.4 Å². The van der Waals surface area contributed by atoms with Gasteiger partial charge in [-0.3, -0.25) is 0 Å². The second-order valence-electron chi connectivity index (χ2n) is 5.21. The Morgan fingerprint density at radius 2 is 1.88 bits per heavy atom. The van der Waals surface area contributed by atoms with Crippen molar-refractivity contribution in [2.45, 2.75) is 40.2 Å². The third kappa shape index (κ3) is 5.92. The zero-order valence-electron chi connectivity index (χ0n) is 12.3. The molecule has 0 saturated heterocycles. The molecule has 1 N–H and O–H groups in total. The van der Waals surface area contributed by atoms with Crippen molar-refractivity contribution in [2.75, 3.05) is 14.2 Å². The Bertz CT molecular complexity index is 245. The second kappa shape index (κ2) is 8.35. The maximum Gasteiger partial charge on any atom is 0.0990 e. The average Bonchev–Trinajstić information content (AvgIpc) is 2.28. The van der Waals surface area contributed by atoms with Gasteiger partial charge in [-0.05, 0) is 24.2 Å². The lowest BCUT2D eigenvalue weighted by Gasteiger charge is -2.27. The molecule has 0 fully saturated rings. The van der Waals surface area contributed by atoms with Crippen molar-refractivity contribution in [3.63, 3.8) is 0 Å². The molecule has 0 saturated carbocycles. The summed E-state index contributed by atoms with van der Waals surface area (Å²) in [6.07, 6.45) is 5.78. The summed E-state index contributed by atoms with van der Waals surface area (Å²) in [6.45, 7) is 12.9. The van der Waals surface area contributed by atoms with E-state index in [1.807, 2.05) is 7.05 Å². The van der Waals surface area contributed by atoms with E-state index >= 15 is 0 Å². The lowest BCUT2D eigenvalue weighted by atomic mass is 9.88. The fourth-order valence-electron chi connectivity index (χ4n) is 1.83. The standard InChI is InChI=1S/C15H29NO/c1-11(2)9-8-10-12(3)13(4)15(17-7)14(5)16-6/h8,10-13,15-16H,5,9H2,1-4,6-7H3/b10-8-/t12-,13-,15+/m0/s1. The van der Waals surface area contributed by atoms with Crippen LogP contribution in [0.4, 0.5) is 0 Å². The van der Waals surface area contributed by atoms with Crippen LogP contribution >= 0.6 is 0 Å². The zero-order chi connectivity index (χ0) is 13.4. The first-order chi connectivity index (χ1) is 7.93. The van der Waals surface area contributed by atoms with Crippen LogP contribution in [-0.2, 0) is 4.74 Å². The van der Waals surface area contributed by atoms with Gasteiger partial charge >= 0.3 is 0 Å². The SMILES string of the molecule is C=C(NC)[C@H](OC)[C@@H](C)[C@@H](C)/C=C\CC(C)C. The van der Waals surface area contributed by atoms with Crippen LogP contribution in [-0.4, -0.2) is 20.3 Å². The van der Waals surface area contributed by atoms with Gasteiger partial charge in [0.2, 0.25) is 0 Å². The van der Waals surface area contributed by atoms with Gasteiger partial charge in [0, 0.05) is 19.9 Å². The molecule has 0 spiro atoms. The van der Waals surface area contributed by atoms with Crippen molar-refractivity contribution in [3.05, 3.63) is 24.4 Å².